The molecule has 0 aromatic carbocycles. The van der Waals surface area contributed by atoms with Crippen molar-refractivity contribution in [1.29, 1.82) is 0 Å². The van der Waals surface area contributed by atoms with E-state index in [1.165, 1.54) is 0 Å². The second kappa shape index (κ2) is 10.2. The number of halogens is 3. The van der Waals surface area contributed by atoms with Crippen LogP contribution in [0.15, 0.2) is 28.2 Å². The first-order valence-corrected chi connectivity index (χ1v) is 14.6. The summed E-state index contributed by atoms with van der Waals surface area (Å²) in [4.78, 5) is 13.9. The van der Waals surface area contributed by atoms with Gasteiger partial charge in [0, 0.05) is 0 Å². The van der Waals surface area contributed by atoms with Gasteiger partial charge in [-0.2, -0.15) is 0 Å². The van der Waals surface area contributed by atoms with Crippen molar-refractivity contribution in [2.24, 2.45) is 21.8 Å². The van der Waals surface area contributed by atoms with E-state index in [-0.39, 0.29) is 12.1 Å². The van der Waals surface area contributed by atoms with Crippen molar-refractivity contribution in [2.45, 2.75) is 39.8 Å². The van der Waals surface area contributed by atoms with Crippen molar-refractivity contribution in [3.05, 3.63) is 29.6 Å². The summed E-state index contributed by atoms with van der Waals surface area (Å²) < 4.78 is 11.4. The fraction of sp³-hybridized carbons (Fsp3) is 0.588. The van der Waals surface area contributed by atoms with E-state index in [0.717, 1.165) is 11.4 Å². The van der Waals surface area contributed by atoms with Crippen LogP contribution in [-0.4, -0.2) is 42.1 Å². The van der Waals surface area contributed by atoms with Gasteiger partial charge in [0.25, 0.3) is 0 Å². The molecule has 3 rings (SSSR count). The van der Waals surface area contributed by atoms with Gasteiger partial charge in [0.15, 0.2) is 0 Å². The van der Waals surface area contributed by atoms with Crippen LogP contribution in [-0.2, 0) is 22.5 Å². The summed E-state index contributed by atoms with van der Waals surface area (Å²) in [6.07, 6.45) is 0. The molecular formula is C17H23Cl3N3O2Rh. The van der Waals surface area contributed by atoms with Gasteiger partial charge in [0.05, 0.1) is 12.1 Å². The van der Waals surface area contributed by atoms with Crippen molar-refractivity contribution < 1.29 is 22.5 Å². The van der Waals surface area contributed by atoms with Gasteiger partial charge in [-0.1, -0.05) is 33.8 Å². The number of aliphatic imine (C=N–C) groups is 2. The Morgan fingerprint density at radius 1 is 0.885 bits per heavy atom. The Morgan fingerprint density at radius 2 is 1.27 bits per heavy atom. The Hall–Kier alpha value is -0.417. The summed E-state index contributed by atoms with van der Waals surface area (Å²) in [5.41, 5.74) is 1.50. The average Bonchev–Trinajstić information content (AvgIpc) is 3.24. The third-order valence-electron chi connectivity index (χ3n) is 4.07. The first kappa shape index (κ1) is 21.9. The number of aromatic nitrogens is 1. The zero-order valence-electron chi connectivity index (χ0n) is 15.1. The molecular weight excluding hydrogens is 487 g/mol. The van der Waals surface area contributed by atoms with Gasteiger partial charge in [0.2, 0.25) is 11.8 Å². The van der Waals surface area contributed by atoms with Crippen LogP contribution in [0.25, 0.3) is 0 Å². The molecule has 0 aliphatic carbocycles. The van der Waals surface area contributed by atoms with E-state index in [0.29, 0.717) is 36.8 Å². The van der Waals surface area contributed by atoms with E-state index in [1.54, 1.807) is 0 Å². The predicted octanol–water partition coefficient (Wildman–Crippen LogP) is 4.75. The Morgan fingerprint density at radius 3 is 1.58 bits per heavy atom. The van der Waals surface area contributed by atoms with Crippen LogP contribution in [0.1, 0.15) is 39.1 Å². The molecule has 0 N–H and O–H groups in total. The minimum atomic E-state index is -1.66. The van der Waals surface area contributed by atoms with Crippen LogP contribution in [0.2, 0.25) is 0 Å². The molecule has 148 valence electrons. The molecule has 0 spiro atoms. The first-order chi connectivity index (χ1) is 12.3. The summed E-state index contributed by atoms with van der Waals surface area (Å²) in [5, 5.41) is 0. The quantitative estimate of drug-likeness (QED) is 0.550. The molecule has 2 aliphatic rings. The molecule has 0 bridgehead atoms. The van der Waals surface area contributed by atoms with Crippen molar-refractivity contribution >= 4 is 40.9 Å². The Bertz CT molecular complexity index is 616. The molecule has 0 saturated heterocycles. The fourth-order valence-corrected chi connectivity index (χ4v) is 2.42. The van der Waals surface area contributed by atoms with Crippen molar-refractivity contribution in [2.75, 3.05) is 13.2 Å². The molecule has 5 nitrogen and oxygen atoms in total. The second-order valence-electron chi connectivity index (χ2n) is 6.66. The third-order valence-corrected chi connectivity index (χ3v) is 4.07. The number of rotatable bonds is 4. The van der Waals surface area contributed by atoms with Gasteiger partial charge in [-0.3, -0.25) is 0 Å². The van der Waals surface area contributed by atoms with Crippen LogP contribution in [0.5, 0.6) is 0 Å². The molecule has 2 atom stereocenters. The third kappa shape index (κ3) is 6.33. The van der Waals surface area contributed by atoms with Crippen LogP contribution < -0.4 is 0 Å². The first-order valence-electron chi connectivity index (χ1n) is 8.31. The van der Waals surface area contributed by atoms with Gasteiger partial charge >= 0.3 is 42.1 Å². The van der Waals surface area contributed by atoms with E-state index in [4.69, 9.17) is 38.5 Å². The summed E-state index contributed by atoms with van der Waals surface area (Å²) in [6, 6.07) is 6.21. The normalized spacial score (nSPS) is 22.3. The van der Waals surface area contributed by atoms with E-state index < -0.39 is 13.0 Å². The molecule has 3 heterocycles. The summed E-state index contributed by atoms with van der Waals surface area (Å²) in [5.74, 6) is 2.18. The zero-order chi connectivity index (χ0) is 19.3. The Labute approximate surface area is 172 Å². The standard InChI is InChI=1S/C17H23N3O2.3ClH.Rh/c1-10(2)14-8-21-16(19-14)12-6-5-7-13(18-12)17-20-15(9-22-17)11(3)4;;;;/h5-7,10-11,14-15H,8-9H2,1-4H3;3*1H;/q;;;;+3/p-3/t14-,15-;;;;/m1..../s1. The minimum absolute atomic E-state index is 0.214. The maximum absolute atomic E-state index is 5.70. The fourth-order valence-electron chi connectivity index (χ4n) is 2.42. The molecule has 1 aromatic heterocycles. The van der Waals surface area contributed by atoms with Crippen LogP contribution >= 0.6 is 29.1 Å². The van der Waals surface area contributed by atoms with Gasteiger partial charge in [-0.05, 0) is 24.0 Å². The molecule has 0 fully saturated rings. The number of hydrogen-bond acceptors (Lipinski definition) is 5. The second-order valence-corrected chi connectivity index (χ2v) is 14.1. The molecule has 0 unspecified atom stereocenters. The molecule has 0 saturated carbocycles. The van der Waals surface area contributed by atoms with E-state index >= 15 is 0 Å². The van der Waals surface area contributed by atoms with Crippen LogP contribution in [0, 0.1) is 11.8 Å². The number of hydrogen-bond donors (Lipinski definition) is 0. The van der Waals surface area contributed by atoms with Gasteiger partial charge in [-0.25, -0.2) is 15.0 Å². The van der Waals surface area contributed by atoms with E-state index in [9.17, 15) is 0 Å². The Balaban J connectivity index is 0.000000552. The number of pyridine rings is 1. The SMILES string of the molecule is CC(C)[C@H]1COC(c2cccc(C3=N[C@@H](C(C)C)CO3)n2)=N1.[Cl][Rh]([Cl])[Cl]. The molecule has 0 radical (unpaired) electrons. The van der Waals surface area contributed by atoms with Gasteiger partial charge in [0.1, 0.15) is 24.6 Å². The van der Waals surface area contributed by atoms with Crippen molar-refractivity contribution in [3.63, 3.8) is 0 Å². The Kier molecular flexibility index (Phi) is 8.60. The molecule has 9 heteroatoms. The molecule has 1 aromatic rings. The molecule has 0 amide bonds. The molecule has 26 heavy (non-hydrogen) atoms. The van der Waals surface area contributed by atoms with E-state index in [1.807, 2.05) is 18.2 Å². The molecule has 2 aliphatic heterocycles. The summed E-state index contributed by atoms with van der Waals surface area (Å²) in [6.45, 7) is 9.86. The van der Waals surface area contributed by atoms with Crippen LogP contribution in [0.4, 0.5) is 0 Å². The topological polar surface area (TPSA) is 56.1 Å². The summed E-state index contributed by atoms with van der Waals surface area (Å²) >= 11 is -1.66. The van der Waals surface area contributed by atoms with Crippen molar-refractivity contribution in [1.82, 2.24) is 4.98 Å². The average molecular weight is 511 g/mol. The number of ether oxygens (including phenoxy) is 2. The number of nitrogens with zero attached hydrogens (tertiary/aromatic N) is 3. The van der Waals surface area contributed by atoms with E-state index in [2.05, 4.69) is 42.7 Å². The van der Waals surface area contributed by atoms with Crippen molar-refractivity contribution in [3.8, 4) is 0 Å². The van der Waals surface area contributed by atoms with Gasteiger partial charge in [-0.15, -0.1) is 0 Å². The maximum atomic E-state index is 5.70. The predicted molar refractivity (Wildman–Crippen MR) is 104 cm³/mol. The summed E-state index contributed by atoms with van der Waals surface area (Å²) in [7, 11) is 14.8. The monoisotopic (exact) mass is 509 g/mol. The van der Waals surface area contributed by atoms with Gasteiger partial charge < -0.3 is 9.47 Å². The van der Waals surface area contributed by atoms with Crippen LogP contribution in [0.3, 0.4) is 0 Å². The zero-order valence-corrected chi connectivity index (χ0v) is 19.0.